The molecule has 1 aromatic heterocycles. The summed E-state index contributed by atoms with van der Waals surface area (Å²) in [5, 5.41) is 2.12. The van der Waals surface area contributed by atoms with Gasteiger partial charge in [0.1, 0.15) is 0 Å². The zero-order valence-electron chi connectivity index (χ0n) is 2.55. The Hall–Kier alpha value is 0.349. The molecule has 0 unspecified atom stereocenters. The number of rotatable bonds is 0. The van der Waals surface area contributed by atoms with Crippen LogP contribution >= 0.6 is 11.3 Å². The average Bonchev–Trinajstić information content (AvgIpc) is 1.76. The molecule has 0 saturated heterocycles. The first-order valence-corrected chi connectivity index (χ1v) is 4.20. The van der Waals surface area contributed by atoms with Gasteiger partial charge in [0.25, 0.3) is 0 Å². The summed E-state index contributed by atoms with van der Waals surface area (Å²) in [5.41, 5.74) is 0. The van der Waals surface area contributed by atoms with Crippen LogP contribution < -0.4 is 0 Å². The van der Waals surface area contributed by atoms with Crippen LogP contribution in [0.1, 0.15) is 0 Å². The summed E-state index contributed by atoms with van der Waals surface area (Å²) in [7, 11) is 0. The molecule has 1 heterocycles. The Labute approximate surface area is 40.8 Å². The van der Waals surface area contributed by atoms with Gasteiger partial charge in [-0.25, -0.2) is 0 Å². The van der Waals surface area contributed by atoms with Gasteiger partial charge in [0, 0.05) is 0 Å². The van der Waals surface area contributed by atoms with Crippen molar-refractivity contribution in [3.05, 3.63) is 14.6 Å². The molecule has 1 rings (SSSR count). The number of hydrogen-bond acceptors (Lipinski definition) is 0. The second-order valence-corrected chi connectivity index (χ2v) is 3.73. The van der Waals surface area contributed by atoms with E-state index in [0.717, 1.165) is 14.5 Å². The first kappa shape index (κ1) is 3.54. The van der Waals surface area contributed by atoms with Gasteiger partial charge in [-0.3, -0.25) is 0 Å². The molecular formula is C3H3SSe+. The van der Waals surface area contributed by atoms with E-state index >= 15 is 0 Å². The van der Waals surface area contributed by atoms with Crippen LogP contribution in [0, 0.1) is 0 Å². The monoisotopic (exact) mass is 151 g/mol. The molecule has 0 amide bonds. The van der Waals surface area contributed by atoms with Crippen LogP contribution in [0.5, 0.6) is 0 Å². The Bertz CT molecular complexity index is 63.4. The molecule has 1 aromatic rings. The van der Waals surface area contributed by atoms with E-state index in [2.05, 4.69) is 14.6 Å². The first-order chi connectivity index (χ1) is 2.50. The Morgan fingerprint density at radius 1 is 1.60 bits per heavy atom. The Balaban J connectivity index is 3.13. The third-order valence-corrected chi connectivity index (χ3v) is 3.24. The van der Waals surface area contributed by atoms with Gasteiger partial charge in [0.15, 0.2) is 0 Å². The third kappa shape index (κ3) is 0.839. The standard InChI is InChI=1S/C3H3SSe/c1-2-5-3-4-1/h1-3H/q+1. The van der Waals surface area contributed by atoms with E-state index in [4.69, 9.17) is 0 Å². The molecule has 2 heteroatoms. The minimum absolute atomic E-state index is 0.727. The fourth-order valence-electron chi connectivity index (χ4n) is 0.160. The third-order valence-electron chi connectivity index (χ3n) is 0.324. The van der Waals surface area contributed by atoms with E-state index in [-0.39, 0.29) is 0 Å². The first-order valence-electron chi connectivity index (χ1n) is 1.28. The van der Waals surface area contributed by atoms with Gasteiger partial charge in [-0.05, 0) is 0 Å². The van der Waals surface area contributed by atoms with Crippen LogP contribution in [0.15, 0.2) is 14.6 Å². The predicted molar refractivity (Wildman–Crippen MR) is 25.7 cm³/mol. The van der Waals surface area contributed by atoms with E-state index < -0.39 is 0 Å². The van der Waals surface area contributed by atoms with Crippen molar-refractivity contribution < 1.29 is 0 Å². The van der Waals surface area contributed by atoms with Crippen molar-refractivity contribution in [1.29, 1.82) is 0 Å². The second-order valence-electron chi connectivity index (χ2n) is 0.641. The summed E-state index contributed by atoms with van der Waals surface area (Å²) in [4.78, 5) is 2.21. The van der Waals surface area contributed by atoms with Crippen LogP contribution in [0.25, 0.3) is 0 Å². The van der Waals surface area contributed by atoms with Gasteiger partial charge in [-0.2, -0.15) is 0 Å². The zero-order valence-corrected chi connectivity index (χ0v) is 5.08. The van der Waals surface area contributed by atoms with E-state index in [0.29, 0.717) is 0 Å². The number of hydrogen-bond donors (Lipinski definition) is 0. The minimum atomic E-state index is 0.727. The summed E-state index contributed by atoms with van der Waals surface area (Å²) in [6.45, 7) is 0. The molecule has 0 spiro atoms. The molecule has 0 radical (unpaired) electrons. The molecule has 0 aliphatic carbocycles. The molecule has 0 aliphatic rings. The molecule has 0 nitrogen and oxygen atoms in total. The van der Waals surface area contributed by atoms with E-state index in [1.165, 1.54) is 0 Å². The maximum absolute atomic E-state index is 2.23. The Kier molecular flexibility index (Phi) is 1.21. The predicted octanol–water partition coefficient (Wildman–Crippen LogP) is 1.09. The average molecular weight is 150 g/mol. The SMILES string of the molecule is c1c[se]c[s+]1. The summed E-state index contributed by atoms with van der Waals surface area (Å²) >= 11 is 2.52. The Morgan fingerprint density at radius 2 is 2.60 bits per heavy atom. The second kappa shape index (κ2) is 1.71. The quantitative estimate of drug-likeness (QED) is 0.383. The van der Waals surface area contributed by atoms with Gasteiger partial charge >= 0.3 is 40.4 Å². The van der Waals surface area contributed by atoms with Crippen molar-refractivity contribution in [3.63, 3.8) is 0 Å². The molecule has 0 atom stereocenters. The molecule has 0 aliphatic heterocycles. The van der Waals surface area contributed by atoms with Crippen LogP contribution in [-0.4, -0.2) is 14.5 Å². The fourth-order valence-corrected chi connectivity index (χ4v) is 2.50. The topological polar surface area (TPSA) is 0 Å². The van der Waals surface area contributed by atoms with Gasteiger partial charge < -0.3 is 0 Å². The molecule has 0 aromatic carbocycles. The van der Waals surface area contributed by atoms with Crippen LogP contribution in [0.3, 0.4) is 0 Å². The molecule has 5 heavy (non-hydrogen) atoms. The molecule has 0 fully saturated rings. The summed E-state index contributed by atoms with van der Waals surface area (Å²) in [6, 6.07) is 0. The van der Waals surface area contributed by atoms with Crippen molar-refractivity contribution in [2.45, 2.75) is 0 Å². The summed E-state index contributed by atoms with van der Waals surface area (Å²) < 4.78 is 2.23. The van der Waals surface area contributed by atoms with Crippen LogP contribution in [0.2, 0.25) is 0 Å². The molecule has 0 N–H and O–H groups in total. The maximum atomic E-state index is 2.23. The molecule has 26 valence electrons. The molecular weight excluding hydrogens is 147 g/mol. The van der Waals surface area contributed by atoms with E-state index in [9.17, 15) is 0 Å². The van der Waals surface area contributed by atoms with Crippen molar-refractivity contribution in [2.24, 2.45) is 0 Å². The van der Waals surface area contributed by atoms with Gasteiger partial charge in [-0.15, -0.1) is 0 Å². The van der Waals surface area contributed by atoms with Gasteiger partial charge in [0.05, 0.1) is 0 Å². The van der Waals surface area contributed by atoms with E-state index in [1.807, 2.05) is 0 Å². The zero-order chi connectivity index (χ0) is 3.54. The summed E-state index contributed by atoms with van der Waals surface area (Å²) in [6.07, 6.45) is 0. The Morgan fingerprint density at radius 3 is 2.80 bits per heavy atom. The van der Waals surface area contributed by atoms with Crippen molar-refractivity contribution >= 4 is 25.8 Å². The van der Waals surface area contributed by atoms with Crippen molar-refractivity contribution in [3.8, 4) is 0 Å². The normalized spacial score (nSPS) is 8.00. The van der Waals surface area contributed by atoms with Gasteiger partial charge in [0.2, 0.25) is 0 Å². The molecule has 0 bridgehead atoms. The van der Waals surface area contributed by atoms with Crippen molar-refractivity contribution in [1.82, 2.24) is 0 Å². The van der Waals surface area contributed by atoms with Crippen LogP contribution in [-0.2, 0) is 0 Å². The van der Waals surface area contributed by atoms with Gasteiger partial charge in [-0.1, -0.05) is 0 Å². The van der Waals surface area contributed by atoms with Crippen molar-refractivity contribution in [2.75, 3.05) is 0 Å². The summed E-state index contributed by atoms with van der Waals surface area (Å²) in [5.74, 6) is 0. The van der Waals surface area contributed by atoms with E-state index in [1.54, 1.807) is 11.3 Å². The van der Waals surface area contributed by atoms with Crippen LogP contribution in [0.4, 0.5) is 0 Å². The fraction of sp³-hybridized carbons (Fsp3) is 0. The molecule has 0 saturated carbocycles.